The molecule has 1 aliphatic rings. The quantitative estimate of drug-likeness (QED) is 0.324. The highest BCUT2D eigenvalue weighted by Gasteiger charge is 2.23. The maximum atomic E-state index is 5.07. The van der Waals surface area contributed by atoms with Gasteiger partial charge in [-0.1, -0.05) is 65.0 Å². The summed E-state index contributed by atoms with van der Waals surface area (Å²) in [5.41, 5.74) is 8.59. The second kappa shape index (κ2) is 10.3. The van der Waals surface area contributed by atoms with Crippen LogP contribution in [0.2, 0.25) is 0 Å². The van der Waals surface area contributed by atoms with E-state index in [0.717, 1.165) is 74.5 Å². The number of nitrogens with zero attached hydrogens (tertiary/aromatic N) is 5. The van der Waals surface area contributed by atoms with Gasteiger partial charge in [0.25, 0.3) is 0 Å². The molecule has 37 heavy (non-hydrogen) atoms. The van der Waals surface area contributed by atoms with Crippen molar-refractivity contribution >= 4 is 16.7 Å². The fourth-order valence-electron chi connectivity index (χ4n) is 5.52. The Hall–Kier alpha value is -3.12. The lowest BCUT2D eigenvalue weighted by Gasteiger charge is -2.36. The Bertz CT molecular complexity index is 1350. The zero-order valence-electron chi connectivity index (χ0n) is 23.4. The number of aromatic amines is 1. The van der Waals surface area contributed by atoms with Crippen LogP contribution in [0.15, 0.2) is 42.5 Å². The molecule has 2 aromatic carbocycles. The van der Waals surface area contributed by atoms with Crippen LogP contribution in [0, 0.1) is 6.92 Å². The summed E-state index contributed by atoms with van der Waals surface area (Å²) in [4.78, 5) is 18.6. The molecule has 0 amide bonds. The lowest BCUT2D eigenvalue weighted by Crippen LogP contribution is -2.46. The molecule has 196 valence electrons. The summed E-state index contributed by atoms with van der Waals surface area (Å²) in [5, 5.41) is 0. The maximum Gasteiger partial charge on any atom is 0.138 e. The summed E-state index contributed by atoms with van der Waals surface area (Å²) in [7, 11) is 0. The maximum absolute atomic E-state index is 5.07. The first-order chi connectivity index (χ1) is 17.8. The van der Waals surface area contributed by atoms with Crippen molar-refractivity contribution < 1.29 is 0 Å². The van der Waals surface area contributed by atoms with Gasteiger partial charge < -0.3 is 14.5 Å². The molecule has 1 saturated heterocycles. The van der Waals surface area contributed by atoms with E-state index in [-0.39, 0.29) is 5.41 Å². The minimum absolute atomic E-state index is 0.147. The highest BCUT2D eigenvalue weighted by atomic mass is 15.3. The van der Waals surface area contributed by atoms with E-state index in [9.17, 15) is 0 Å². The van der Waals surface area contributed by atoms with E-state index in [1.807, 2.05) is 0 Å². The monoisotopic (exact) mass is 498 g/mol. The third-order valence-corrected chi connectivity index (χ3v) is 7.72. The second-order valence-electron chi connectivity index (χ2n) is 11.4. The Labute approximate surface area is 221 Å². The molecule has 0 atom stereocenters. The van der Waals surface area contributed by atoms with Crippen LogP contribution in [0.1, 0.15) is 63.8 Å². The summed E-state index contributed by atoms with van der Waals surface area (Å²) in [5.74, 6) is 2.16. The van der Waals surface area contributed by atoms with Gasteiger partial charge in [-0.3, -0.25) is 4.90 Å². The number of benzene rings is 2. The van der Waals surface area contributed by atoms with Gasteiger partial charge >= 0.3 is 0 Å². The van der Waals surface area contributed by atoms with Gasteiger partial charge in [0.05, 0.1) is 22.6 Å². The number of piperazine rings is 1. The van der Waals surface area contributed by atoms with Crippen molar-refractivity contribution in [3.05, 3.63) is 65.2 Å². The lowest BCUT2D eigenvalue weighted by atomic mass is 9.87. The summed E-state index contributed by atoms with van der Waals surface area (Å²) in [6, 6.07) is 15.3. The number of aromatic nitrogens is 4. The zero-order valence-corrected chi connectivity index (χ0v) is 23.4. The predicted octanol–water partition coefficient (Wildman–Crippen LogP) is 6.33. The molecular weight excluding hydrogens is 456 g/mol. The summed E-state index contributed by atoms with van der Waals surface area (Å²) >= 11 is 0. The van der Waals surface area contributed by atoms with Crippen molar-refractivity contribution in [3.8, 4) is 11.4 Å². The third kappa shape index (κ3) is 5.17. The number of fused-ring (bicyclic) bond motifs is 1. The standard InChI is InChI=1S/C31H42N6/c1-7-16-37-27(22(3)32-28(37)8-2)21-35-17-19-36(20-18-35)26-11-9-10-25-29(26)34-30(33-25)23-12-14-24(15-13-23)31(4,5)6/h9-15H,7-8,16-21H2,1-6H3,(H,33,34). The van der Waals surface area contributed by atoms with Crippen molar-refractivity contribution in [3.63, 3.8) is 0 Å². The average Bonchev–Trinajstić information content (AvgIpc) is 3.46. The Balaban J connectivity index is 1.31. The number of anilines is 1. The molecular formula is C31H42N6. The number of H-pyrrole nitrogens is 1. The molecule has 6 nitrogen and oxygen atoms in total. The molecule has 0 aliphatic carbocycles. The number of hydrogen-bond acceptors (Lipinski definition) is 4. The fourth-order valence-corrected chi connectivity index (χ4v) is 5.52. The fraction of sp³-hybridized carbons (Fsp3) is 0.484. The number of hydrogen-bond donors (Lipinski definition) is 1. The van der Waals surface area contributed by atoms with Crippen LogP contribution in [-0.4, -0.2) is 50.6 Å². The van der Waals surface area contributed by atoms with E-state index in [2.05, 4.69) is 103 Å². The summed E-state index contributed by atoms with van der Waals surface area (Å²) in [6.07, 6.45) is 2.13. The van der Waals surface area contributed by atoms with E-state index >= 15 is 0 Å². The van der Waals surface area contributed by atoms with Crippen LogP contribution in [0.5, 0.6) is 0 Å². The molecule has 5 rings (SSSR count). The van der Waals surface area contributed by atoms with E-state index in [0.29, 0.717) is 0 Å². The predicted molar refractivity (Wildman–Crippen MR) is 154 cm³/mol. The number of aryl methyl sites for hydroxylation is 2. The van der Waals surface area contributed by atoms with Gasteiger partial charge in [-0.25, -0.2) is 9.97 Å². The average molecular weight is 499 g/mol. The van der Waals surface area contributed by atoms with Crippen LogP contribution in [0.4, 0.5) is 5.69 Å². The normalized spacial score (nSPS) is 15.1. The molecule has 0 spiro atoms. The smallest absolute Gasteiger partial charge is 0.138 e. The first kappa shape index (κ1) is 25.5. The highest BCUT2D eigenvalue weighted by molar-refractivity contribution is 5.91. The van der Waals surface area contributed by atoms with E-state index in [4.69, 9.17) is 9.97 Å². The number of imidazole rings is 2. The van der Waals surface area contributed by atoms with E-state index in [1.165, 1.54) is 28.5 Å². The molecule has 2 aromatic heterocycles. The molecule has 0 bridgehead atoms. The second-order valence-corrected chi connectivity index (χ2v) is 11.4. The van der Waals surface area contributed by atoms with E-state index in [1.54, 1.807) is 0 Å². The third-order valence-electron chi connectivity index (χ3n) is 7.72. The first-order valence-corrected chi connectivity index (χ1v) is 13.9. The van der Waals surface area contributed by atoms with Crippen LogP contribution in [0.3, 0.4) is 0 Å². The van der Waals surface area contributed by atoms with Gasteiger partial charge in [-0.05, 0) is 36.5 Å². The van der Waals surface area contributed by atoms with Crippen LogP contribution in [0.25, 0.3) is 22.4 Å². The Kier molecular flexibility index (Phi) is 7.13. The van der Waals surface area contributed by atoms with Crippen LogP contribution >= 0.6 is 0 Å². The van der Waals surface area contributed by atoms with Gasteiger partial charge in [-0.15, -0.1) is 0 Å². The van der Waals surface area contributed by atoms with Gasteiger partial charge in [0, 0.05) is 51.3 Å². The molecule has 4 aromatic rings. The van der Waals surface area contributed by atoms with Gasteiger partial charge in [-0.2, -0.15) is 0 Å². The number of rotatable bonds is 7. The lowest BCUT2D eigenvalue weighted by molar-refractivity contribution is 0.243. The Morgan fingerprint density at radius 1 is 0.919 bits per heavy atom. The molecule has 3 heterocycles. The molecule has 0 radical (unpaired) electrons. The summed E-state index contributed by atoms with van der Waals surface area (Å²) < 4.78 is 2.46. The zero-order chi connectivity index (χ0) is 26.2. The Morgan fingerprint density at radius 2 is 1.65 bits per heavy atom. The molecule has 6 heteroatoms. The number of para-hydroxylation sites is 1. The molecule has 0 unspecified atom stereocenters. The van der Waals surface area contributed by atoms with Crippen molar-refractivity contribution in [2.45, 2.75) is 72.9 Å². The van der Waals surface area contributed by atoms with Gasteiger partial charge in [0.1, 0.15) is 17.2 Å². The van der Waals surface area contributed by atoms with Crippen molar-refractivity contribution in [2.75, 3.05) is 31.1 Å². The molecule has 0 saturated carbocycles. The highest BCUT2D eigenvalue weighted by Crippen LogP contribution is 2.31. The van der Waals surface area contributed by atoms with Gasteiger partial charge in [0.2, 0.25) is 0 Å². The minimum atomic E-state index is 0.147. The van der Waals surface area contributed by atoms with Crippen LogP contribution in [-0.2, 0) is 24.9 Å². The van der Waals surface area contributed by atoms with E-state index < -0.39 is 0 Å². The largest absolute Gasteiger partial charge is 0.367 e. The molecule has 1 N–H and O–H groups in total. The Morgan fingerprint density at radius 3 is 2.30 bits per heavy atom. The summed E-state index contributed by atoms with van der Waals surface area (Å²) in [6.45, 7) is 19.5. The minimum Gasteiger partial charge on any atom is -0.367 e. The van der Waals surface area contributed by atoms with Crippen molar-refractivity contribution in [2.24, 2.45) is 0 Å². The van der Waals surface area contributed by atoms with Gasteiger partial charge in [0.15, 0.2) is 0 Å². The van der Waals surface area contributed by atoms with Crippen molar-refractivity contribution in [1.82, 2.24) is 24.4 Å². The molecule has 1 aliphatic heterocycles. The topological polar surface area (TPSA) is 53.0 Å². The van der Waals surface area contributed by atoms with Crippen LogP contribution < -0.4 is 4.90 Å². The van der Waals surface area contributed by atoms with Crippen molar-refractivity contribution in [1.29, 1.82) is 0 Å². The number of nitrogens with one attached hydrogen (secondary N) is 1. The SMILES string of the molecule is CCCn1c(CC)nc(C)c1CN1CCN(c2cccc3[nH]c(-c4ccc(C(C)(C)C)cc4)nc23)CC1. The molecule has 1 fully saturated rings. The first-order valence-electron chi connectivity index (χ1n) is 13.9.